The lowest BCUT2D eigenvalue weighted by Gasteiger charge is -2.23. The summed E-state index contributed by atoms with van der Waals surface area (Å²) in [6, 6.07) is -3.01. The summed E-state index contributed by atoms with van der Waals surface area (Å²) in [5.74, 6) is -3.14. The van der Waals surface area contributed by atoms with E-state index in [1.807, 2.05) is 0 Å². The van der Waals surface area contributed by atoms with Gasteiger partial charge in [0.25, 0.3) is 0 Å². The molecule has 1 aromatic rings. The largest absolute Gasteiger partial charge is 0.480 e. The lowest BCUT2D eigenvalue weighted by atomic mass is 10.1. The molecule has 4 unspecified atom stereocenters. The number of imidazole rings is 1. The van der Waals surface area contributed by atoms with E-state index in [9.17, 15) is 29.4 Å². The summed E-state index contributed by atoms with van der Waals surface area (Å²) in [5.41, 5.74) is 0.499. The monoisotopic (exact) mass is 410 g/mol. The highest BCUT2D eigenvalue weighted by Crippen LogP contribution is 2.04. The Hall–Kier alpha value is -2.99. The van der Waals surface area contributed by atoms with Crippen LogP contribution in [0.5, 0.6) is 0 Å². The number of nitrogens with zero attached hydrogens (tertiary/aromatic N) is 1. The highest BCUT2D eigenvalue weighted by molar-refractivity contribution is 5.92. The van der Waals surface area contributed by atoms with Crippen LogP contribution < -0.4 is 21.3 Å². The van der Waals surface area contributed by atoms with Crippen molar-refractivity contribution in [3.8, 4) is 0 Å². The molecule has 1 aliphatic rings. The van der Waals surface area contributed by atoms with Crippen LogP contribution in [-0.2, 0) is 25.6 Å². The van der Waals surface area contributed by atoms with E-state index in [0.29, 0.717) is 12.1 Å². The molecule has 7 N–H and O–H groups in total. The molecule has 0 radical (unpaired) electrons. The Morgan fingerprint density at radius 2 is 2.07 bits per heavy atom. The molecule has 2 rings (SSSR count). The van der Waals surface area contributed by atoms with Crippen LogP contribution in [0.2, 0.25) is 0 Å². The van der Waals surface area contributed by atoms with Gasteiger partial charge in [0.15, 0.2) is 0 Å². The first-order valence-corrected chi connectivity index (χ1v) is 9.27. The van der Waals surface area contributed by atoms with E-state index < -0.39 is 36.0 Å². The molecule has 12 heteroatoms. The second-order valence-electron chi connectivity index (χ2n) is 6.83. The maximum atomic E-state index is 12.4. The van der Waals surface area contributed by atoms with Crippen molar-refractivity contribution < 1.29 is 29.4 Å². The molecule has 2 heterocycles. The van der Waals surface area contributed by atoms with Gasteiger partial charge >= 0.3 is 5.97 Å². The van der Waals surface area contributed by atoms with E-state index in [2.05, 4.69) is 31.2 Å². The van der Waals surface area contributed by atoms with Gasteiger partial charge in [-0.15, -0.1) is 0 Å². The predicted molar refractivity (Wildman–Crippen MR) is 99.5 cm³/mol. The van der Waals surface area contributed by atoms with Gasteiger partial charge in [-0.2, -0.15) is 0 Å². The number of hydrogen-bond acceptors (Lipinski definition) is 7. The Morgan fingerprint density at radius 1 is 1.31 bits per heavy atom. The molecule has 1 fully saturated rings. The fraction of sp³-hybridized carbons (Fsp3) is 0.588. The zero-order valence-electron chi connectivity index (χ0n) is 16.0. The van der Waals surface area contributed by atoms with Gasteiger partial charge < -0.3 is 36.5 Å². The molecule has 29 heavy (non-hydrogen) atoms. The number of aromatic amines is 1. The number of H-pyrrole nitrogens is 1. The number of hydrogen-bond donors (Lipinski definition) is 7. The Bertz CT molecular complexity index is 716. The molecule has 1 saturated heterocycles. The normalized spacial score (nSPS) is 19.0. The number of aliphatic hydroxyl groups excluding tert-OH is 1. The van der Waals surface area contributed by atoms with Gasteiger partial charge in [0.05, 0.1) is 25.0 Å². The Labute approximate surface area is 166 Å². The maximum absolute atomic E-state index is 12.4. The smallest absolute Gasteiger partial charge is 0.326 e. The number of carbonyl (C=O) groups excluding carboxylic acids is 3. The third kappa shape index (κ3) is 6.84. The highest BCUT2D eigenvalue weighted by atomic mass is 16.4. The summed E-state index contributed by atoms with van der Waals surface area (Å²) < 4.78 is 0. The molecule has 4 atom stereocenters. The molecule has 0 aliphatic carbocycles. The summed E-state index contributed by atoms with van der Waals surface area (Å²) >= 11 is 0. The average Bonchev–Trinajstić information content (AvgIpc) is 3.36. The van der Waals surface area contributed by atoms with Crippen LogP contribution in [0.15, 0.2) is 12.5 Å². The number of aliphatic carboxylic acids is 1. The number of nitrogens with one attached hydrogen (secondary N) is 5. The molecule has 0 bridgehead atoms. The zero-order valence-corrected chi connectivity index (χ0v) is 16.0. The first kappa shape index (κ1) is 22.3. The standard InChI is InChI=1S/C17H26N6O6/c1-9(24)14(23-13(25)7-20-15(26)11-3-2-4-19-11)16(27)22-12(17(28)29)5-10-6-18-8-21-10/h6,8-9,11-12,14,19,24H,2-5,7H2,1H3,(H,18,21)(H,20,26)(H,22,27)(H,23,25)(H,28,29). The minimum atomic E-state index is -1.38. The number of rotatable bonds is 10. The Morgan fingerprint density at radius 3 is 2.62 bits per heavy atom. The molecule has 3 amide bonds. The van der Waals surface area contributed by atoms with Gasteiger partial charge in [-0.1, -0.05) is 0 Å². The third-order valence-electron chi connectivity index (χ3n) is 4.47. The topological polar surface area (TPSA) is 186 Å². The van der Waals surface area contributed by atoms with Gasteiger partial charge in [0.1, 0.15) is 12.1 Å². The summed E-state index contributed by atoms with van der Waals surface area (Å²) in [7, 11) is 0. The van der Waals surface area contributed by atoms with Crippen LogP contribution in [-0.4, -0.2) is 81.2 Å². The fourth-order valence-corrected chi connectivity index (χ4v) is 2.91. The van der Waals surface area contributed by atoms with Crippen molar-refractivity contribution in [2.24, 2.45) is 0 Å². The van der Waals surface area contributed by atoms with E-state index in [1.54, 1.807) is 0 Å². The van der Waals surface area contributed by atoms with E-state index in [0.717, 1.165) is 13.0 Å². The van der Waals surface area contributed by atoms with Crippen molar-refractivity contribution in [3.05, 3.63) is 18.2 Å². The van der Waals surface area contributed by atoms with Gasteiger partial charge in [-0.25, -0.2) is 9.78 Å². The molecule has 1 aliphatic heterocycles. The number of amides is 3. The minimum absolute atomic E-state index is 0.0496. The fourth-order valence-electron chi connectivity index (χ4n) is 2.91. The number of carbonyl (C=O) groups is 4. The molecule has 0 aromatic carbocycles. The number of carboxylic acids is 1. The van der Waals surface area contributed by atoms with E-state index in [4.69, 9.17) is 0 Å². The number of aliphatic hydroxyl groups is 1. The molecule has 0 spiro atoms. The Balaban J connectivity index is 1.89. The second-order valence-corrected chi connectivity index (χ2v) is 6.83. The van der Waals surface area contributed by atoms with Gasteiger partial charge in [0, 0.05) is 18.3 Å². The maximum Gasteiger partial charge on any atom is 0.326 e. The second kappa shape index (κ2) is 10.5. The van der Waals surface area contributed by atoms with Crippen molar-refractivity contribution in [1.82, 2.24) is 31.2 Å². The van der Waals surface area contributed by atoms with Crippen LogP contribution >= 0.6 is 0 Å². The number of carboxylic acid groups (broad SMARTS) is 1. The zero-order chi connectivity index (χ0) is 21.4. The van der Waals surface area contributed by atoms with Crippen LogP contribution in [0.3, 0.4) is 0 Å². The van der Waals surface area contributed by atoms with Crippen molar-refractivity contribution in [1.29, 1.82) is 0 Å². The Kier molecular flexibility index (Phi) is 8.09. The molecular formula is C17H26N6O6. The summed E-state index contributed by atoms with van der Waals surface area (Å²) in [6.07, 6.45) is 3.03. The third-order valence-corrected chi connectivity index (χ3v) is 4.47. The average molecular weight is 410 g/mol. The molecule has 1 aromatic heterocycles. The predicted octanol–water partition coefficient (Wildman–Crippen LogP) is -2.74. The quantitative estimate of drug-likeness (QED) is 0.216. The van der Waals surface area contributed by atoms with Crippen molar-refractivity contribution in [3.63, 3.8) is 0 Å². The summed E-state index contributed by atoms with van der Waals surface area (Å²) in [4.78, 5) is 54.4. The molecule has 12 nitrogen and oxygen atoms in total. The number of aromatic nitrogens is 2. The minimum Gasteiger partial charge on any atom is -0.480 e. The first-order valence-electron chi connectivity index (χ1n) is 9.27. The van der Waals surface area contributed by atoms with Crippen molar-refractivity contribution in [2.75, 3.05) is 13.1 Å². The summed E-state index contributed by atoms with van der Waals surface area (Å²) in [5, 5.41) is 29.2. The first-order chi connectivity index (χ1) is 13.8. The molecule has 160 valence electrons. The summed E-state index contributed by atoms with van der Waals surface area (Å²) in [6.45, 7) is 1.65. The van der Waals surface area contributed by atoms with E-state index in [1.165, 1.54) is 19.4 Å². The van der Waals surface area contributed by atoms with Gasteiger partial charge in [-0.3, -0.25) is 14.4 Å². The van der Waals surface area contributed by atoms with E-state index >= 15 is 0 Å². The van der Waals surface area contributed by atoms with Crippen LogP contribution in [0.1, 0.15) is 25.5 Å². The van der Waals surface area contributed by atoms with Gasteiger partial charge in [-0.05, 0) is 26.3 Å². The lowest BCUT2D eigenvalue weighted by molar-refractivity contribution is -0.143. The van der Waals surface area contributed by atoms with Crippen molar-refractivity contribution >= 4 is 23.7 Å². The SMILES string of the molecule is CC(O)C(NC(=O)CNC(=O)C1CCCN1)C(=O)NC(Cc1cnc[nH]1)C(=O)O. The van der Waals surface area contributed by atoms with Crippen LogP contribution in [0.4, 0.5) is 0 Å². The van der Waals surface area contributed by atoms with Gasteiger partial charge in [0.2, 0.25) is 17.7 Å². The highest BCUT2D eigenvalue weighted by Gasteiger charge is 2.30. The van der Waals surface area contributed by atoms with Crippen LogP contribution in [0, 0.1) is 0 Å². The van der Waals surface area contributed by atoms with Crippen LogP contribution in [0.25, 0.3) is 0 Å². The molecule has 0 saturated carbocycles. The molecular weight excluding hydrogens is 384 g/mol. The van der Waals surface area contributed by atoms with Crippen molar-refractivity contribution in [2.45, 2.75) is 50.4 Å². The van der Waals surface area contributed by atoms with E-state index in [-0.39, 0.29) is 24.9 Å². The lowest BCUT2D eigenvalue weighted by Crippen LogP contribution is -2.57.